The van der Waals surface area contributed by atoms with E-state index in [4.69, 9.17) is 0 Å². The van der Waals surface area contributed by atoms with Crippen LogP contribution in [0.15, 0.2) is 0 Å². The van der Waals surface area contributed by atoms with E-state index in [1.165, 1.54) is 6.26 Å². The molecule has 1 aliphatic heterocycles. The lowest BCUT2D eigenvalue weighted by Gasteiger charge is -2.49. The van der Waals surface area contributed by atoms with Crippen molar-refractivity contribution < 1.29 is 8.42 Å². The van der Waals surface area contributed by atoms with E-state index in [1.807, 2.05) is 0 Å². The summed E-state index contributed by atoms with van der Waals surface area (Å²) in [6.45, 7) is 10.4. The Balaban J connectivity index is 2.80. The summed E-state index contributed by atoms with van der Waals surface area (Å²) in [5, 5.41) is 0. The molecule has 0 saturated carbocycles. The monoisotopic (exact) mass is 247 g/mol. The van der Waals surface area contributed by atoms with E-state index in [9.17, 15) is 8.42 Å². The molecule has 0 radical (unpaired) electrons. The van der Waals surface area contributed by atoms with Crippen molar-refractivity contribution in [3.63, 3.8) is 0 Å². The third kappa shape index (κ3) is 2.59. The molecular weight excluding hydrogens is 222 g/mol. The molecule has 1 fully saturated rings. The maximum Gasteiger partial charge on any atom is 0.211 e. The second kappa shape index (κ2) is 4.30. The molecule has 16 heavy (non-hydrogen) atoms. The predicted molar refractivity (Wildman–Crippen MR) is 67.8 cm³/mol. The van der Waals surface area contributed by atoms with Crippen LogP contribution < -0.4 is 0 Å². The minimum absolute atomic E-state index is 0.255. The molecular formula is C12H25NO2S. The Morgan fingerprint density at radius 1 is 1.19 bits per heavy atom. The first-order chi connectivity index (χ1) is 7.12. The first-order valence-electron chi connectivity index (χ1n) is 6.07. The van der Waals surface area contributed by atoms with Gasteiger partial charge in [-0.1, -0.05) is 27.7 Å². The molecule has 0 aromatic rings. The minimum Gasteiger partial charge on any atom is -0.213 e. The molecule has 0 spiro atoms. The third-order valence-corrected chi connectivity index (χ3v) is 5.72. The van der Waals surface area contributed by atoms with Gasteiger partial charge in [0.25, 0.3) is 0 Å². The first-order valence-corrected chi connectivity index (χ1v) is 7.92. The van der Waals surface area contributed by atoms with Crippen molar-refractivity contribution in [2.45, 2.75) is 47.0 Å². The quantitative estimate of drug-likeness (QED) is 0.752. The van der Waals surface area contributed by atoms with Crippen molar-refractivity contribution in [2.24, 2.45) is 10.8 Å². The Morgan fingerprint density at radius 2 is 1.62 bits per heavy atom. The van der Waals surface area contributed by atoms with Gasteiger partial charge in [0.05, 0.1) is 6.26 Å². The van der Waals surface area contributed by atoms with Crippen LogP contribution in [0.3, 0.4) is 0 Å². The molecule has 0 aromatic carbocycles. The van der Waals surface area contributed by atoms with E-state index in [0.29, 0.717) is 18.5 Å². The van der Waals surface area contributed by atoms with Crippen LogP contribution in [0.2, 0.25) is 0 Å². The summed E-state index contributed by atoms with van der Waals surface area (Å²) >= 11 is 0. The highest BCUT2D eigenvalue weighted by Gasteiger charge is 2.43. The second-order valence-corrected chi connectivity index (χ2v) is 8.03. The van der Waals surface area contributed by atoms with Crippen molar-refractivity contribution >= 4 is 10.0 Å². The van der Waals surface area contributed by atoms with Gasteiger partial charge in [-0.2, -0.15) is 0 Å². The van der Waals surface area contributed by atoms with Gasteiger partial charge in [-0.15, -0.1) is 0 Å². The van der Waals surface area contributed by atoms with E-state index in [0.717, 1.165) is 19.3 Å². The van der Waals surface area contributed by atoms with Crippen molar-refractivity contribution in [3.05, 3.63) is 0 Å². The molecule has 0 N–H and O–H groups in total. The van der Waals surface area contributed by atoms with Gasteiger partial charge in [0.2, 0.25) is 10.0 Å². The fourth-order valence-electron chi connectivity index (χ4n) is 2.88. The molecule has 1 aliphatic rings. The van der Waals surface area contributed by atoms with Crippen LogP contribution in [0.1, 0.15) is 47.0 Å². The smallest absolute Gasteiger partial charge is 0.211 e. The highest BCUT2D eigenvalue weighted by molar-refractivity contribution is 7.88. The topological polar surface area (TPSA) is 37.4 Å². The lowest BCUT2D eigenvalue weighted by Crippen LogP contribution is -2.47. The summed E-state index contributed by atoms with van der Waals surface area (Å²) in [7, 11) is -3.00. The Bertz CT molecular complexity index is 333. The number of nitrogens with zero attached hydrogens (tertiary/aromatic N) is 1. The molecule has 0 unspecified atom stereocenters. The van der Waals surface area contributed by atoms with E-state index in [1.54, 1.807) is 4.31 Å². The summed E-state index contributed by atoms with van der Waals surface area (Å²) in [5.41, 5.74) is 0.555. The van der Waals surface area contributed by atoms with Crippen molar-refractivity contribution in [1.82, 2.24) is 4.31 Å². The molecule has 96 valence electrons. The molecule has 1 saturated heterocycles. The summed E-state index contributed by atoms with van der Waals surface area (Å²) < 4.78 is 24.5. The largest absolute Gasteiger partial charge is 0.213 e. The molecule has 0 aliphatic carbocycles. The van der Waals surface area contributed by atoms with Gasteiger partial charge in [0, 0.05) is 13.1 Å². The van der Waals surface area contributed by atoms with Crippen molar-refractivity contribution in [3.8, 4) is 0 Å². The molecule has 0 aromatic heterocycles. The zero-order chi connectivity index (χ0) is 12.6. The third-order valence-electron chi connectivity index (χ3n) is 4.42. The second-order valence-electron chi connectivity index (χ2n) is 6.05. The van der Waals surface area contributed by atoms with E-state index in [-0.39, 0.29) is 5.41 Å². The van der Waals surface area contributed by atoms with Gasteiger partial charge in [-0.05, 0) is 30.1 Å². The molecule has 1 rings (SSSR count). The average Bonchev–Trinajstić information content (AvgIpc) is 2.14. The SMILES string of the molecule is CCC1(C(C)(C)C)CCN(S(C)(=O)=O)CC1. The van der Waals surface area contributed by atoms with Crippen LogP contribution in [0.4, 0.5) is 0 Å². The lowest BCUT2D eigenvalue weighted by atomic mass is 9.60. The van der Waals surface area contributed by atoms with Crippen LogP contribution in [0, 0.1) is 10.8 Å². The highest BCUT2D eigenvalue weighted by Crippen LogP contribution is 2.49. The molecule has 0 bridgehead atoms. The zero-order valence-electron chi connectivity index (χ0n) is 11.2. The zero-order valence-corrected chi connectivity index (χ0v) is 12.0. The molecule has 4 heteroatoms. The summed E-state index contributed by atoms with van der Waals surface area (Å²) in [6.07, 6.45) is 4.41. The lowest BCUT2D eigenvalue weighted by molar-refractivity contribution is 0.0230. The summed E-state index contributed by atoms with van der Waals surface area (Å²) in [6, 6.07) is 0. The first kappa shape index (κ1) is 14.0. The highest BCUT2D eigenvalue weighted by atomic mass is 32.2. The fraction of sp³-hybridized carbons (Fsp3) is 1.00. The maximum atomic E-state index is 11.5. The summed E-state index contributed by atoms with van der Waals surface area (Å²) in [4.78, 5) is 0. The maximum absolute atomic E-state index is 11.5. The van der Waals surface area contributed by atoms with Crippen LogP contribution in [0.25, 0.3) is 0 Å². The molecule has 0 amide bonds. The standard InChI is InChI=1S/C12H25NO2S/c1-6-12(11(2,3)4)7-9-13(10-8-12)16(5,14)15/h6-10H2,1-5H3. The molecule has 0 atom stereocenters. The van der Waals surface area contributed by atoms with Gasteiger partial charge in [-0.25, -0.2) is 12.7 Å². The van der Waals surface area contributed by atoms with Crippen LogP contribution >= 0.6 is 0 Å². The Labute approximate surface area is 100 Å². The number of piperidine rings is 1. The minimum atomic E-state index is -3.00. The Kier molecular flexibility index (Phi) is 3.75. The number of hydrogen-bond acceptors (Lipinski definition) is 2. The number of rotatable bonds is 2. The van der Waals surface area contributed by atoms with E-state index >= 15 is 0 Å². The van der Waals surface area contributed by atoms with Crippen LogP contribution in [0.5, 0.6) is 0 Å². The Hall–Kier alpha value is -0.0900. The number of hydrogen-bond donors (Lipinski definition) is 0. The van der Waals surface area contributed by atoms with Crippen molar-refractivity contribution in [1.29, 1.82) is 0 Å². The summed E-state index contributed by atoms with van der Waals surface area (Å²) in [5.74, 6) is 0. The normalized spacial score (nSPS) is 23.3. The predicted octanol–water partition coefficient (Wildman–Crippen LogP) is 2.48. The van der Waals surface area contributed by atoms with Crippen LogP contribution in [-0.4, -0.2) is 32.1 Å². The fourth-order valence-corrected chi connectivity index (χ4v) is 3.73. The van der Waals surface area contributed by atoms with E-state index < -0.39 is 10.0 Å². The van der Waals surface area contributed by atoms with Gasteiger partial charge >= 0.3 is 0 Å². The van der Waals surface area contributed by atoms with E-state index in [2.05, 4.69) is 27.7 Å². The van der Waals surface area contributed by atoms with Crippen LogP contribution in [-0.2, 0) is 10.0 Å². The molecule has 3 nitrogen and oxygen atoms in total. The average molecular weight is 247 g/mol. The molecule has 1 heterocycles. The van der Waals surface area contributed by atoms with Gasteiger partial charge in [0.15, 0.2) is 0 Å². The number of sulfonamides is 1. The van der Waals surface area contributed by atoms with Gasteiger partial charge in [-0.3, -0.25) is 0 Å². The van der Waals surface area contributed by atoms with Gasteiger partial charge < -0.3 is 0 Å². The Morgan fingerprint density at radius 3 is 1.88 bits per heavy atom. The van der Waals surface area contributed by atoms with Gasteiger partial charge in [0.1, 0.15) is 0 Å². The van der Waals surface area contributed by atoms with Crippen molar-refractivity contribution in [2.75, 3.05) is 19.3 Å².